The van der Waals surface area contributed by atoms with E-state index in [1.165, 1.54) is 12.1 Å². The molecule has 1 heterocycles. The summed E-state index contributed by atoms with van der Waals surface area (Å²) >= 11 is 1.14. The van der Waals surface area contributed by atoms with Crippen LogP contribution >= 0.6 is 11.8 Å². The molecule has 0 aliphatic rings. The lowest BCUT2D eigenvalue weighted by Crippen LogP contribution is -2.39. The van der Waals surface area contributed by atoms with Gasteiger partial charge in [0.1, 0.15) is 5.82 Å². The maximum atomic E-state index is 13.3. The van der Waals surface area contributed by atoms with E-state index in [-0.39, 0.29) is 5.82 Å². The summed E-state index contributed by atoms with van der Waals surface area (Å²) in [6.07, 6.45) is 3.21. The van der Waals surface area contributed by atoms with E-state index < -0.39 is 17.2 Å². The van der Waals surface area contributed by atoms with Gasteiger partial charge in [-0.15, -0.1) is 0 Å². The third-order valence-corrected chi connectivity index (χ3v) is 3.67. The Bertz CT molecular complexity index is 674. The van der Waals surface area contributed by atoms with Crippen LogP contribution in [0.2, 0.25) is 0 Å². The van der Waals surface area contributed by atoms with Crippen molar-refractivity contribution in [2.24, 2.45) is 5.73 Å². The third-order valence-electron chi connectivity index (χ3n) is 2.59. The van der Waals surface area contributed by atoms with Crippen LogP contribution in [0.25, 0.3) is 5.69 Å². The fourth-order valence-corrected chi connectivity index (χ4v) is 2.52. The maximum absolute atomic E-state index is 13.3. The average molecular weight is 308 g/mol. The molecular weight excluding hydrogens is 295 g/mol. The summed E-state index contributed by atoms with van der Waals surface area (Å²) in [5.74, 6) is -0.877. The number of rotatable bonds is 4. The molecule has 0 bridgehead atoms. The normalized spacial score (nSPS) is 11.9. The predicted molar refractivity (Wildman–Crippen MR) is 76.6 cm³/mol. The van der Waals surface area contributed by atoms with Crippen molar-refractivity contribution >= 4 is 23.7 Å². The quantitative estimate of drug-likeness (QED) is 0.841. The van der Waals surface area contributed by atoms with Crippen molar-refractivity contribution in [1.82, 2.24) is 14.9 Å². The largest absolute Gasteiger partial charge is 0.351 e. The van der Waals surface area contributed by atoms with Gasteiger partial charge in [-0.1, -0.05) is 17.8 Å². The molecule has 8 heteroatoms. The number of imidazole rings is 1. The number of hydrogen-bond donors (Lipinski definition) is 2. The third kappa shape index (κ3) is 3.82. The van der Waals surface area contributed by atoms with Crippen LogP contribution in [0.15, 0.2) is 41.8 Å². The molecule has 1 unspecified atom stereocenters. The number of nitrogens with zero attached hydrogens (tertiary/aromatic N) is 2. The molecule has 0 aliphatic heterocycles. The van der Waals surface area contributed by atoms with Gasteiger partial charge in [0.15, 0.2) is 5.16 Å². The first-order chi connectivity index (χ1) is 9.97. The first-order valence-electron chi connectivity index (χ1n) is 6.03. The van der Waals surface area contributed by atoms with E-state index in [1.54, 1.807) is 36.0 Å². The minimum absolute atomic E-state index is 0.364. The SMILES string of the molecule is CC(Sc1nccn1-c1cccc(F)c1)C(=O)NC(N)=O. The topological polar surface area (TPSA) is 90.0 Å². The first-order valence-corrected chi connectivity index (χ1v) is 6.91. The number of aromatic nitrogens is 2. The molecule has 0 radical (unpaired) electrons. The highest BCUT2D eigenvalue weighted by atomic mass is 32.2. The van der Waals surface area contributed by atoms with E-state index in [2.05, 4.69) is 4.98 Å². The second kappa shape index (κ2) is 6.40. The van der Waals surface area contributed by atoms with Gasteiger partial charge in [0, 0.05) is 12.4 Å². The molecule has 0 saturated carbocycles. The van der Waals surface area contributed by atoms with Crippen molar-refractivity contribution in [3.63, 3.8) is 0 Å². The van der Waals surface area contributed by atoms with Crippen molar-refractivity contribution in [2.45, 2.75) is 17.3 Å². The molecule has 110 valence electrons. The molecular formula is C13H13FN4O2S. The van der Waals surface area contributed by atoms with Gasteiger partial charge in [0.25, 0.3) is 0 Å². The van der Waals surface area contributed by atoms with Gasteiger partial charge in [0.05, 0.1) is 10.9 Å². The number of carbonyl (C=O) groups excluding carboxylic acids is 2. The Morgan fingerprint density at radius 1 is 1.48 bits per heavy atom. The monoisotopic (exact) mass is 308 g/mol. The van der Waals surface area contributed by atoms with E-state index in [1.807, 2.05) is 5.32 Å². The van der Waals surface area contributed by atoms with Crippen LogP contribution in [-0.2, 0) is 4.79 Å². The number of nitrogens with one attached hydrogen (secondary N) is 1. The van der Waals surface area contributed by atoms with Crippen LogP contribution in [0.4, 0.5) is 9.18 Å². The summed E-state index contributed by atoms with van der Waals surface area (Å²) < 4.78 is 14.9. The zero-order valence-electron chi connectivity index (χ0n) is 11.1. The summed E-state index contributed by atoms with van der Waals surface area (Å²) in [5, 5.41) is 1.94. The van der Waals surface area contributed by atoms with E-state index >= 15 is 0 Å². The number of nitrogens with two attached hydrogens (primary N) is 1. The van der Waals surface area contributed by atoms with E-state index in [4.69, 9.17) is 5.73 Å². The van der Waals surface area contributed by atoms with E-state index in [0.29, 0.717) is 10.8 Å². The zero-order chi connectivity index (χ0) is 15.4. The average Bonchev–Trinajstić information content (AvgIpc) is 2.86. The second-order valence-corrected chi connectivity index (χ2v) is 5.48. The van der Waals surface area contributed by atoms with Gasteiger partial charge >= 0.3 is 6.03 Å². The molecule has 6 nitrogen and oxygen atoms in total. The number of imide groups is 1. The van der Waals surface area contributed by atoms with Gasteiger partial charge in [-0.3, -0.25) is 14.7 Å². The van der Waals surface area contributed by atoms with Gasteiger partial charge in [-0.2, -0.15) is 0 Å². The Balaban J connectivity index is 2.17. The highest BCUT2D eigenvalue weighted by Crippen LogP contribution is 2.24. The molecule has 1 aromatic carbocycles. The predicted octanol–water partition coefficient (Wildman–Crippen LogP) is 1.69. The standard InChI is InChI=1S/C13H13FN4O2S/c1-8(11(19)17-12(15)20)21-13-16-5-6-18(13)10-4-2-3-9(14)7-10/h2-8H,1H3,(H3,15,17,19,20). The van der Waals surface area contributed by atoms with Crippen molar-refractivity contribution in [1.29, 1.82) is 0 Å². The van der Waals surface area contributed by atoms with Gasteiger partial charge < -0.3 is 5.73 Å². The minimum Gasteiger partial charge on any atom is -0.351 e. The molecule has 0 spiro atoms. The Hall–Kier alpha value is -2.35. The number of primary amides is 1. The van der Waals surface area contributed by atoms with Gasteiger partial charge in [-0.25, -0.2) is 14.2 Å². The van der Waals surface area contributed by atoms with Crippen LogP contribution in [0.5, 0.6) is 0 Å². The second-order valence-electron chi connectivity index (χ2n) is 4.17. The van der Waals surface area contributed by atoms with Crippen molar-refractivity contribution in [3.05, 3.63) is 42.5 Å². The summed E-state index contributed by atoms with van der Waals surface area (Å²) in [5.41, 5.74) is 5.49. The minimum atomic E-state index is -0.902. The molecule has 1 aromatic heterocycles. The molecule has 0 fully saturated rings. The number of hydrogen-bond acceptors (Lipinski definition) is 4. The number of benzene rings is 1. The number of carbonyl (C=O) groups is 2. The smallest absolute Gasteiger partial charge is 0.318 e. The van der Waals surface area contributed by atoms with Gasteiger partial charge in [-0.05, 0) is 25.1 Å². The lowest BCUT2D eigenvalue weighted by Gasteiger charge is -2.11. The Morgan fingerprint density at radius 2 is 2.24 bits per heavy atom. The van der Waals surface area contributed by atoms with E-state index in [0.717, 1.165) is 11.8 Å². The maximum Gasteiger partial charge on any atom is 0.318 e. The van der Waals surface area contributed by atoms with Crippen molar-refractivity contribution in [2.75, 3.05) is 0 Å². The molecule has 2 aromatic rings. The number of thioether (sulfide) groups is 1. The van der Waals surface area contributed by atoms with Crippen LogP contribution in [0.1, 0.15) is 6.92 Å². The van der Waals surface area contributed by atoms with Crippen LogP contribution in [0.3, 0.4) is 0 Å². The summed E-state index contributed by atoms with van der Waals surface area (Å²) in [7, 11) is 0. The molecule has 1 atom stereocenters. The zero-order valence-corrected chi connectivity index (χ0v) is 11.9. The van der Waals surface area contributed by atoms with E-state index in [9.17, 15) is 14.0 Å². The van der Waals surface area contributed by atoms with Crippen LogP contribution in [0, 0.1) is 5.82 Å². The first kappa shape index (κ1) is 15.0. The number of urea groups is 1. The van der Waals surface area contributed by atoms with Crippen LogP contribution < -0.4 is 11.1 Å². The fourth-order valence-electron chi connectivity index (χ4n) is 1.63. The van der Waals surface area contributed by atoms with Crippen molar-refractivity contribution < 1.29 is 14.0 Å². The Labute approximate surface area is 124 Å². The summed E-state index contributed by atoms with van der Waals surface area (Å²) in [4.78, 5) is 26.4. The Morgan fingerprint density at radius 3 is 2.90 bits per heavy atom. The van der Waals surface area contributed by atoms with Crippen LogP contribution in [-0.4, -0.2) is 26.7 Å². The molecule has 21 heavy (non-hydrogen) atoms. The lowest BCUT2D eigenvalue weighted by atomic mass is 10.3. The summed E-state index contributed by atoms with van der Waals surface area (Å²) in [6, 6.07) is 5.11. The number of halogens is 1. The Kier molecular flexibility index (Phi) is 4.59. The molecule has 3 amide bonds. The molecule has 0 aliphatic carbocycles. The summed E-state index contributed by atoms with van der Waals surface area (Å²) in [6.45, 7) is 1.62. The molecule has 0 saturated heterocycles. The highest BCUT2D eigenvalue weighted by molar-refractivity contribution is 8.00. The molecule has 2 rings (SSSR count). The van der Waals surface area contributed by atoms with Gasteiger partial charge in [0.2, 0.25) is 5.91 Å². The fraction of sp³-hybridized carbons (Fsp3) is 0.154. The number of amides is 3. The lowest BCUT2D eigenvalue weighted by molar-refractivity contribution is -0.119. The van der Waals surface area contributed by atoms with Crippen molar-refractivity contribution in [3.8, 4) is 5.69 Å². The highest BCUT2D eigenvalue weighted by Gasteiger charge is 2.18. The molecule has 3 N–H and O–H groups in total.